The molecule has 6 nitrogen and oxygen atoms in total. The predicted molar refractivity (Wildman–Crippen MR) is 147 cm³/mol. The second-order valence-electron chi connectivity index (χ2n) is 10.8. The van der Waals surface area contributed by atoms with Gasteiger partial charge in [-0.2, -0.15) is 5.10 Å². The number of rotatable bonds is 7. The maximum atomic E-state index is 12.6. The third-order valence-electron chi connectivity index (χ3n) is 7.61. The van der Waals surface area contributed by atoms with Gasteiger partial charge in [0.1, 0.15) is 0 Å². The lowest BCUT2D eigenvalue weighted by molar-refractivity contribution is -0.121. The van der Waals surface area contributed by atoms with E-state index in [1.165, 1.54) is 11.1 Å². The minimum absolute atomic E-state index is 0.119. The number of carbonyl (C=O) groups excluding carboxylic acids is 1. The minimum atomic E-state index is 0.119. The molecule has 1 aliphatic carbocycles. The van der Waals surface area contributed by atoms with Crippen LogP contribution in [0.15, 0.2) is 53.0 Å². The van der Waals surface area contributed by atoms with Crippen LogP contribution in [0.5, 0.6) is 0 Å². The molecule has 2 aromatic rings. The summed E-state index contributed by atoms with van der Waals surface area (Å²) in [7, 11) is 0. The van der Waals surface area contributed by atoms with Crippen molar-refractivity contribution in [2.75, 3.05) is 13.1 Å². The minimum Gasteiger partial charge on any atom is -0.373 e. The van der Waals surface area contributed by atoms with Crippen molar-refractivity contribution in [2.24, 2.45) is 16.9 Å². The average Bonchev–Trinajstić information content (AvgIpc) is 3.47. The Labute approximate surface area is 218 Å². The number of morpholine rings is 1. The van der Waals surface area contributed by atoms with Gasteiger partial charge in [-0.15, -0.1) is 11.3 Å². The van der Waals surface area contributed by atoms with Gasteiger partial charge < -0.3 is 15.5 Å². The molecule has 2 N–H and O–H groups in total. The van der Waals surface area contributed by atoms with Gasteiger partial charge in [0, 0.05) is 36.5 Å². The molecule has 1 saturated carbocycles. The number of hydrogen-bond donors (Lipinski definition) is 2. The number of benzene rings is 1. The van der Waals surface area contributed by atoms with Gasteiger partial charge in [0.25, 0.3) is 0 Å². The molecule has 0 radical (unpaired) electrons. The van der Waals surface area contributed by atoms with Gasteiger partial charge in [0.05, 0.1) is 30.4 Å². The molecule has 6 atom stereocenters. The molecule has 5 unspecified atom stereocenters. The number of nitrogens with zero attached hydrogens (tertiary/aromatic N) is 2. The first-order valence-corrected chi connectivity index (χ1v) is 14.1. The number of amides is 1. The summed E-state index contributed by atoms with van der Waals surface area (Å²) in [4.78, 5) is 16.2. The predicted octanol–water partition coefficient (Wildman–Crippen LogP) is 4.47. The van der Waals surface area contributed by atoms with E-state index in [1.807, 2.05) is 17.5 Å². The Bertz CT molecular complexity index is 1090. The van der Waals surface area contributed by atoms with E-state index in [1.54, 1.807) is 11.3 Å². The molecule has 1 saturated heterocycles. The van der Waals surface area contributed by atoms with Gasteiger partial charge in [-0.25, -0.2) is 0 Å². The molecule has 192 valence electrons. The van der Waals surface area contributed by atoms with Crippen molar-refractivity contribution in [3.8, 4) is 0 Å². The molecular weight excluding hydrogens is 468 g/mol. The lowest BCUT2D eigenvalue weighted by atomic mass is 9.74. The summed E-state index contributed by atoms with van der Waals surface area (Å²) in [5.74, 6) is 0.865. The molecule has 0 bridgehead atoms. The molecule has 3 aliphatic rings. The summed E-state index contributed by atoms with van der Waals surface area (Å²) in [5.41, 5.74) is 6.97. The number of allylic oxidation sites excluding steroid dienone is 1. The monoisotopic (exact) mass is 506 g/mol. The van der Waals surface area contributed by atoms with Crippen molar-refractivity contribution in [1.82, 2.24) is 15.6 Å². The standard InChI is InChI=1S/C29H38N4O2S/c1-19-12-28-25(15-27(19)30-29(34)14-24-8-5-11-36-24)26(31-32-28)10-9-22-6-4-7-23(13-22)18-33-16-20(2)35-21(3)17-33/h4-11,13,19-21,25,27-28,32H,12,14-18H2,1-3H3,(H,30,34)/b10-9+/t19?,20?,21?,25?,27-,28?/m0/s1. The number of thiophene rings is 1. The first-order valence-electron chi connectivity index (χ1n) is 13.2. The number of hydrazone groups is 1. The van der Waals surface area contributed by atoms with Crippen molar-refractivity contribution in [1.29, 1.82) is 0 Å². The lowest BCUT2D eigenvalue weighted by Crippen LogP contribution is -2.49. The van der Waals surface area contributed by atoms with Crippen molar-refractivity contribution in [3.63, 3.8) is 0 Å². The molecular formula is C29H38N4O2S. The van der Waals surface area contributed by atoms with Gasteiger partial charge in [-0.1, -0.05) is 43.3 Å². The molecule has 2 aliphatic heterocycles. The molecule has 2 fully saturated rings. The normalized spacial score (nSPS) is 30.6. The number of ether oxygens (including phenoxy) is 1. The maximum Gasteiger partial charge on any atom is 0.225 e. The van der Waals surface area contributed by atoms with Crippen LogP contribution >= 0.6 is 11.3 Å². The average molecular weight is 507 g/mol. The summed E-state index contributed by atoms with van der Waals surface area (Å²) in [5, 5.41) is 10.0. The molecule has 1 aromatic heterocycles. The van der Waals surface area contributed by atoms with E-state index in [9.17, 15) is 4.79 Å². The lowest BCUT2D eigenvalue weighted by Gasteiger charge is -2.37. The number of fused-ring (bicyclic) bond motifs is 1. The highest BCUT2D eigenvalue weighted by atomic mass is 32.1. The van der Waals surface area contributed by atoms with E-state index >= 15 is 0 Å². The third-order valence-corrected chi connectivity index (χ3v) is 8.48. The van der Waals surface area contributed by atoms with Gasteiger partial charge in [-0.3, -0.25) is 9.69 Å². The maximum absolute atomic E-state index is 12.6. The third kappa shape index (κ3) is 6.25. The quantitative estimate of drug-likeness (QED) is 0.582. The van der Waals surface area contributed by atoms with E-state index in [2.05, 4.69) is 77.9 Å². The zero-order valence-corrected chi connectivity index (χ0v) is 22.3. The smallest absolute Gasteiger partial charge is 0.225 e. The second kappa shape index (κ2) is 11.3. The highest BCUT2D eigenvalue weighted by molar-refractivity contribution is 7.10. The topological polar surface area (TPSA) is 66.0 Å². The first-order chi connectivity index (χ1) is 17.4. The van der Waals surface area contributed by atoms with Gasteiger partial charge >= 0.3 is 0 Å². The summed E-state index contributed by atoms with van der Waals surface area (Å²) in [6, 6.07) is 13.3. The number of hydrogen-bond acceptors (Lipinski definition) is 6. The molecule has 0 spiro atoms. The number of nitrogens with one attached hydrogen (secondary N) is 2. The van der Waals surface area contributed by atoms with Gasteiger partial charge in [0.15, 0.2) is 0 Å². The zero-order valence-electron chi connectivity index (χ0n) is 21.5. The fourth-order valence-electron chi connectivity index (χ4n) is 5.95. The Morgan fingerprint density at radius 3 is 2.78 bits per heavy atom. The van der Waals surface area contributed by atoms with Crippen molar-refractivity contribution in [2.45, 2.75) is 70.9 Å². The second-order valence-corrected chi connectivity index (χ2v) is 11.8. The molecule has 1 amide bonds. The van der Waals surface area contributed by atoms with Crippen LogP contribution in [0.2, 0.25) is 0 Å². The van der Waals surface area contributed by atoms with Crippen molar-refractivity contribution < 1.29 is 9.53 Å². The van der Waals surface area contributed by atoms with E-state index < -0.39 is 0 Å². The molecule has 7 heteroatoms. The van der Waals surface area contributed by atoms with Crippen LogP contribution in [0.1, 0.15) is 49.6 Å². The van der Waals surface area contributed by atoms with Crippen LogP contribution in [-0.4, -0.2) is 53.9 Å². The highest BCUT2D eigenvalue weighted by Gasteiger charge is 2.40. The van der Waals surface area contributed by atoms with Gasteiger partial charge in [-0.05, 0) is 61.3 Å². The first kappa shape index (κ1) is 25.2. The van der Waals surface area contributed by atoms with Crippen LogP contribution in [0.4, 0.5) is 0 Å². The van der Waals surface area contributed by atoms with Crippen LogP contribution in [0, 0.1) is 11.8 Å². The Hall–Kier alpha value is -2.48. The summed E-state index contributed by atoms with van der Waals surface area (Å²) in [6.45, 7) is 9.42. The molecule has 5 rings (SSSR count). The Balaban J connectivity index is 1.19. The highest BCUT2D eigenvalue weighted by Crippen LogP contribution is 2.33. The fourth-order valence-corrected chi connectivity index (χ4v) is 6.65. The molecule has 36 heavy (non-hydrogen) atoms. The number of carbonyl (C=O) groups is 1. The molecule has 1 aromatic carbocycles. The molecule has 3 heterocycles. The largest absolute Gasteiger partial charge is 0.373 e. The SMILES string of the molecule is CC1CN(Cc2cccc(/C=C/C3=NNC4CC(C)[C@@H](NC(=O)Cc5cccs5)CC34)c2)CC(C)O1. The van der Waals surface area contributed by atoms with Crippen LogP contribution in [-0.2, 0) is 22.5 Å². The summed E-state index contributed by atoms with van der Waals surface area (Å²) < 4.78 is 5.88. The Morgan fingerprint density at radius 2 is 2.00 bits per heavy atom. The Kier molecular flexibility index (Phi) is 7.89. The fraction of sp³-hybridized carbons (Fsp3) is 0.517. The van der Waals surface area contributed by atoms with Crippen molar-refractivity contribution >= 4 is 29.0 Å². The zero-order chi connectivity index (χ0) is 25.1. The summed E-state index contributed by atoms with van der Waals surface area (Å²) >= 11 is 1.64. The van der Waals surface area contributed by atoms with E-state index in [4.69, 9.17) is 4.74 Å². The van der Waals surface area contributed by atoms with E-state index in [0.29, 0.717) is 24.3 Å². The van der Waals surface area contributed by atoms with E-state index in [0.717, 1.165) is 43.1 Å². The van der Waals surface area contributed by atoms with Crippen LogP contribution in [0.25, 0.3) is 6.08 Å². The Morgan fingerprint density at radius 1 is 1.17 bits per heavy atom. The van der Waals surface area contributed by atoms with E-state index in [-0.39, 0.29) is 24.2 Å². The van der Waals surface area contributed by atoms with Crippen molar-refractivity contribution in [3.05, 3.63) is 63.9 Å². The van der Waals surface area contributed by atoms with Crippen LogP contribution < -0.4 is 10.7 Å². The van der Waals surface area contributed by atoms with Crippen LogP contribution in [0.3, 0.4) is 0 Å². The summed E-state index contributed by atoms with van der Waals surface area (Å²) in [6.07, 6.45) is 7.30. The van der Waals surface area contributed by atoms with Gasteiger partial charge in [0.2, 0.25) is 5.91 Å².